The van der Waals surface area contributed by atoms with Gasteiger partial charge in [-0.25, -0.2) is 0 Å². The molecule has 29 heavy (non-hydrogen) atoms. The van der Waals surface area contributed by atoms with Crippen molar-refractivity contribution in [3.05, 3.63) is 66.2 Å². The van der Waals surface area contributed by atoms with Crippen LogP contribution in [0.1, 0.15) is 23.8 Å². The highest BCUT2D eigenvalue weighted by atomic mass is 16.5. The molecule has 2 aromatic heterocycles. The zero-order valence-electron chi connectivity index (χ0n) is 16.4. The highest BCUT2D eigenvalue weighted by molar-refractivity contribution is 5.76. The van der Waals surface area contributed by atoms with Crippen LogP contribution in [0.5, 0.6) is 5.75 Å². The summed E-state index contributed by atoms with van der Waals surface area (Å²) in [6.45, 7) is 1.63. The molecule has 1 saturated heterocycles. The number of para-hydroxylation sites is 1. The van der Waals surface area contributed by atoms with E-state index in [0.717, 1.165) is 28.1 Å². The number of carbonyl (C=O) groups is 1. The third-order valence-electron chi connectivity index (χ3n) is 5.17. The minimum absolute atomic E-state index is 0.124. The Hall–Kier alpha value is -3.19. The Morgan fingerprint density at radius 3 is 2.90 bits per heavy atom. The molecule has 1 aromatic carbocycles. The number of aromatic amines is 1. The average Bonchev–Trinajstić information content (AvgIpc) is 3.33. The number of pyridine rings is 1. The monoisotopic (exact) mass is 392 g/mol. The van der Waals surface area contributed by atoms with Gasteiger partial charge in [-0.2, -0.15) is 5.10 Å². The number of aromatic nitrogens is 3. The molecule has 7 nitrogen and oxygen atoms in total. The van der Waals surface area contributed by atoms with Crippen molar-refractivity contribution in [2.45, 2.75) is 18.9 Å². The first-order valence-electron chi connectivity index (χ1n) is 9.71. The zero-order valence-corrected chi connectivity index (χ0v) is 16.4. The number of amides is 1. The second-order valence-electron chi connectivity index (χ2n) is 6.97. The van der Waals surface area contributed by atoms with Gasteiger partial charge in [0.2, 0.25) is 5.91 Å². The summed E-state index contributed by atoms with van der Waals surface area (Å²) in [6.07, 6.45) is 6.29. The van der Waals surface area contributed by atoms with Crippen molar-refractivity contribution in [3.63, 3.8) is 0 Å². The first-order valence-corrected chi connectivity index (χ1v) is 9.71. The SMILES string of the molecule is COc1ccccc1CCC(=O)N1CCOC(c2ccc(-c3cn[nH]c3)cn2)C1. The van der Waals surface area contributed by atoms with E-state index >= 15 is 0 Å². The van der Waals surface area contributed by atoms with Crippen LogP contribution in [0.2, 0.25) is 0 Å². The van der Waals surface area contributed by atoms with Crippen molar-refractivity contribution in [2.75, 3.05) is 26.8 Å². The van der Waals surface area contributed by atoms with Crippen LogP contribution in [0, 0.1) is 0 Å². The van der Waals surface area contributed by atoms with Gasteiger partial charge in [0.25, 0.3) is 0 Å². The summed E-state index contributed by atoms with van der Waals surface area (Å²) >= 11 is 0. The maximum Gasteiger partial charge on any atom is 0.223 e. The summed E-state index contributed by atoms with van der Waals surface area (Å²) in [6, 6.07) is 11.8. The van der Waals surface area contributed by atoms with Crippen LogP contribution >= 0.6 is 0 Å². The van der Waals surface area contributed by atoms with E-state index in [2.05, 4.69) is 15.2 Å². The highest BCUT2D eigenvalue weighted by Gasteiger charge is 2.26. The van der Waals surface area contributed by atoms with Gasteiger partial charge in [0.05, 0.1) is 32.2 Å². The second kappa shape index (κ2) is 8.87. The van der Waals surface area contributed by atoms with Gasteiger partial charge >= 0.3 is 0 Å². The molecule has 1 aliphatic rings. The van der Waals surface area contributed by atoms with E-state index in [1.165, 1.54) is 0 Å². The van der Waals surface area contributed by atoms with E-state index in [1.807, 2.05) is 53.7 Å². The summed E-state index contributed by atoms with van der Waals surface area (Å²) in [5.41, 5.74) is 3.86. The Morgan fingerprint density at radius 2 is 2.14 bits per heavy atom. The lowest BCUT2D eigenvalue weighted by Gasteiger charge is -2.33. The number of hydrogen-bond acceptors (Lipinski definition) is 5. The van der Waals surface area contributed by atoms with Crippen molar-refractivity contribution in [2.24, 2.45) is 0 Å². The molecule has 1 atom stereocenters. The first-order chi connectivity index (χ1) is 14.2. The van der Waals surface area contributed by atoms with Gasteiger partial charge in [-0.3, -0.25) is 14.9 Å². The van der Waals surface area contributed by atoms with Crippen molar-refractivity contribution in [1.82, 2.24) is 20.1 Å². The number of rotatable bonds is 6. The number of morpholine rings is 1. The predicted octanol–water partition coefficient (Wildman–Crippen LogP) is 3.01. The Bertz CT molecular complexity index is 941. The summed E-state index contributed by atoms with van der Waals surface area (Å²) in [5.74, 6) is 0.946. The Balaban J connectivity index is 1.37. The summed E-state index contributed by atoms with van der Waals surface area (Å²) in [4.78, 5) is 19.2. The zero-order chi connectivity index (χ0) is 20.1. The van der Waals surface area contributed by atoms with Gasteiger partial charge in [0.1, 0.15) is 11.9 Å². The van der Waals surface area contributed by atoms with Crippen LogP contribution < -0.4 is 4.74 Å². The molecule has 0 saturated carbocycles. The fraction of sp³-hybridized carbons (Fsp3) is 0.318. The van der Waals surface area contributed by atoms with Crippen LogP contribution in [-0.2, 0) is 16.0 Å². The first kappa shape index (κ1) is 19.1. The fourth-order valence-electron chi connectivity index (χ4n) is 3.54. The van der Waals surface area contributed by atoms with Gasteiger partial charge in [0, 0.05) is 36.5 Å². The molecule has 1 fully saturated rings. The molecule has 4 rings (SSSR count). The molecule has 1 amide bonds. The number of aryl methyl sites for hydroxylation is 1. The van der Waals surface area contributed by atoms with Gasteiger partial charge < -0.3 is 14.4 Å². The molecule has 0 bridgehead atoms. The number of benzene rings is 1. The van der Waals surface area contributed by atoms with Crippen LogP contribution in [0.15, 0.2) is 55.0 Å². The number of methoxy groups -OCH3 is 1. The number of carbonyl (C=O) groups excluding carboxylic acids is 1. The molecule has 3 heterocycles. The molecular weight excluding hydrogens is 368 g/mol. The quantitative estimate of drug-likeness (QED) is 0.698. The van der Waals surface area contributed by atoms with Crippen LogP contribution in [0.3, 0.4) is 0 Å². The molecule has 0 radical (unpaired) electrons. The molecule has 0 aliphatic carbocycles. The topological polar surface area (TPSA) is 80.3 Å². The minimum atomic E-state index is -0.211. The number of ether oxygens (including phenoxy) is 2. The lowest BCUT2D eigenvalue weighted by atomic mass is 10.1. The van der Waals surface area contributed by atoms with Crippen LogP contribution in [0.25, 0.3) is 11.1 Å². The van der Waals surface area contributed by atoms with E-state index in [9.17, 15) is 4.79 Å². The molecule has 7 heteroatoms. The number of H-pyrrole nitrogens is 1. The molecule has 0 spiro atoms. The fourth-order valence-corrected chi connectivity index (χ4v) is 3.54. The lowest BCUT2D eigenvalue weighted by Crippen LogP contribution is -2.42. The number of nitrogens with zero attached hydrogens (tertiary/aromatic N) is 3. The highest BCUT2D eigenvalue weighted by Crippen LogP contribution is 2.25. The molecule has 1 unspecified atom stereocenters. The second-order valence-corrected chi connectivity index (χ2v) is 6.97. The molecule has 150 valence electrons. The standard InChI is InChI=1S/C22H24N4O3/c1-28-20-5-3-2-4-16(20)7-9-22(27)26-10-11-29-21(15-26)19-8-6-17(12-23-19)18-13-24-25-14-18/h2-6,8,12-14,21H,7,9-11,15H2,1H3,(H,24,25). The van der Waals surface area contributed by atoms with Gasteiger partial charge in [-0.15, -0.1) is 0 Å². The summed E-state index contributed by atoms with van der Waals surface area (Å²) in [7, 11) is 1.65. The van der Waals surface area contributed by atoms with Gasteiger partial charge in [-0.05, 0) is 24.1 Å². The van der Waals surface area contributed by atoms with E-state index < -0.39 is 0 Å². The van der Waals surface area contributed by atoms with Crippen molar-refractivity contribution in [1.29, 1.82) is 0 Å². The Morgan fingerprint density at radius 1 is 1.24 bits per heavy atom. The summed E-state index contributed by atoms with van der Waals surface area (Å²) < 4.78 is 11.3. The molecule has 3 aromatic rings. The number of hydrogen-bond donors (Lipinski definition) is 1. The van der Waals surface area contributed by atoms with Crippen molar-refractivity contribution < 1.29 is 14.3 Å². The third kappa shape index (κ3) is 4.46. The van der Waals surface area contributed by atoms with Gasteiger partial charge in [-0.1, -0.05) is 24.3 Å². The third-order valence-corrected chi connectivity index (χ3v) is 5.17. The normalized spacial score (nSPS) is 16.6. The predicted molar refractivity (Wildman–Crippen MR) is 108 cm³/mol. The van der Waals surface area contributed by atoms with Crippen molar-refractivity contribution in [3.8, 4) is 16.9 Å². The largest absolute Gasteiger partial charge is 0.496 e. The molecule has 1 aliphatic heterocycles. The Kier molecular flexibility index (Phi) is 5.86. The molecular formula is C22H24N4O3. The maximum atomic E-state index is 12.8. The minimum Gasteiger partial charge on any atom is -0.496 e. The van der Waals surface area contributed by atoms with Gasteiger partial charge in [0.15, 0.2) is 0 Å². The van der Waals surface area contributed by atoms with Crippen LogP contribution in [-0.4, -0.2) is 52.8 Å². The van der Waals surface area contributed by atoms with E-state index in [4.69, 9.17) is 9.47 Å². The van der Waals surface area contributed by atoms with Crippen molar-refractivity contribution >= 4 is 5.91 Å². The smallest absolute Gasteiger partial charge is 0.223 e. The Labute approximate surface area is 169 Å². The molecule has 1 N–H and O–H groups in total. The average molecular weight is 392 g/mol. The maximum absolute atomic E-state index is 12.8. The lowest BCUT2D eigenvalue weighted by molar-refractivity contribution is -0.139. The number of nitrogens with one attached hydrogen (secondary N) is 1. The van der Waals surface area contributed by atoms with E-state index in [0.29, 0.717) is 32.5 Å². The van der Waals surface area contributed by atoms with Crippen LogP contribution in [0.4, 0.5) is 0 Å². The van der Waals surface area contributed by atoms with E-state index in [-0.39, 0.29) is 12.0 Å². The van der Waals surface area contributed by atoms with E-state index in [1.54, 1.807) is 13.3 Å². The summed E-state index contributed by atoms with van der Waals surface area (Å²) in [5, 5.41) is 6.76.